The Hall–Kier alpha value is -1.36. The third-order valence-electron chi connectivity index (χ3n) is 3.09. The van der Waals surface area contributed by atoms with Crippen LogP contribution >= 0.6 is 11.6 Å². The first-order chi connectivity index (χ1) is 7.43. The molecule has 1 atom stereocenters. The minimum Gasteiger partial charge on any atom is -0.327 e. The van der Waals surface area contributed by atoms with E-state index in [0.29, 0.717) is 10.8 Å². The largest absolute Gasteiger partial charge is 0.327 e. The second-order valence-electron chi connectivity index (χ2n) is 4.38. The lowest BCUT2D eigenvalue weighted by atomic mass is 9.93. The van der Waals surface area contributed by atoms with E-state index >= 15 is 0 Å². The first-order valence-corrected chi connectivity index (χ1v) is 5.34. The van der Waals surface area contributed by atoms with Crippen LogP contribution in [0.1, 0.15) is 25.6 Å². The molecule has 5 nitrogen and oxygen atoms in total. The number of hydrogen-bond donors (Lipinski definition) is 1. The van der Waals surface area contributed by atoms with Crippen molar-refractivity contribution in [2.45, 2.75) is 25.4 Å². The Morgan fingerprint density at radius 2 is 2.12 bits per heavy atom. The van der Waals surface area contributed by atoms with Crippen molar-refractivity contribution in [3.63, 3.8) is 0 Å². The zero-order valence-electron chi connectivity index (χ0n) is 9.36. The molecule has 1 aliphatic heterocycles. The Morgan fingerprint density at radius 1 is 1.44 bits per heavy atom. The van der Waals surface area contributed by atoms with Gasteiger partial charge in [-0.05, 0) is 26.0 Å². The summed E-state index contributed by atoms with van der Waals surface area (Å²) < 4.78 is 0. The molecule has 1 fully saturated rings. The summed E-state index contributed by atoms with van der Waals surface area (Å²) in [6.07, 6.45) is 0. The van der Waals surface area contributed by atoms with Crippen LogP contribution in [0.3, 0.4) is 0 Å². The van der Waals surface area contributed by atoms with Gasteiger partial charge in [0.2, 0.25) is 0 Å². The summed E-state index contributed by atoms with van der Waals surface area (Å²) in [5.41, 5.74) is 0.381. The molecular formula is C10H13ClN4O. The van der Waals surface area contributed by atoms with Gasteiger partial charge in [0.15, 0.2) is 5.15 Å². The van der Waals surface area contributed by atoms with Gasteiger partial charge in [-0.3, -0.25) is 0 Å². The number of likely N-dealkylation sites (N-methyl/N-ethyl adjacent to an activating group) is 1. The topological polar surface area (TPSA) is 58.1 Å². The van der Waals surface area contributed by atoms with Crippen molar-refractivity contribution in [2.75, 3.05) is 7.05 Å². The molecule has 2 amide bonds. The van der Waals surface area contributed by atoms with Crippen molar-refractivity contribution in [1.29, 1.82) is 0 Å². The Balaban J connectivity index is 2.35. The molecule has 1 saturated heterocycles. The number of aromatic nitrogens is 2. The highest BCUT2D eigenvalue weighted by atomic mass is 35.5. The number of urea groups is 1. The van der Waals surface area contributed by atoms with E-state index in [9.17, 15) is 4.79 Å². The Labute approximate surface area is 98.8 Å². The van der Waals surface area contributed by atoms with Crippen molar-refractivity contribution >= 4 is 17.6 Å². The number of carbonyl (C=O) groups excluding carboxylic acids is 1. The van der Waals surface area contributed by atoms with Gasteiger partial charge in [-0.1, -0.05) is 11.6 Å². The van der Waals surface area contributed by atoms with Crippen LogP contribution in [0.15, 0.2) is 12.1 Å². The summed E-state index contributed by atoms with van der Waals surface area (Å²) >= 11 is 5.68. The van der Waals surface area contributed by atoms with Crippen LogP contribution in [0.5, 0.6) is 0 Å². The molecule has 0 spiro atoms. The molecule has 0 aliphatic carbocycles. The Morgan fingerprint density at radius 3 is 2.56 bits per heavy atom. The van der Waals surface area contributed by atoms with E-state index in [1.54, 1.807) is 24.1 Å². The summed E-state index contributed by atoms with van der Waals surface area (Å²) in [5.74, 6) is 0. The molecule has 1 aromatic heterocycles. The quantitative estimate of drug-likeness (QED) is 0.811. The predicted molar refractivity (Wildman–Crippen MR) is 60.2 cm³/mol. The van der Waals surface area contributed by atoms with Gasteiger partial charge in [-0.2, -0.15) is 5.10 Å². The van der Waals surface area contributed by atoms with Gasteiger partial charge in [0.1, 0.15) is 0 Å². The average molecular weight is 241 g/mol. The highest BCUT2D eigenvalue weighted by molar-refractivity contribution is 6.29. The second kappa shape index (κ2) is 3.59. The maximum Gasteiger partial charge on any atom is 0.318 e. The molecule has 1 aliphatic rings. The second-order valence-corrected chi connectivity index (χ2v) is 4.76. The third-order valence-corrected chi connectivity index (χ3v) is 3.29. The fourth-order valence-electron chi connectivity index (χ4n) is 1.77. The van der Waals surface area contributed by atoms with Crippen molar-refractivity contribution in [3.8, 4) is 0 Å². The minimum atomic E-state index is -0.334. The van der Waals surface area contributed by atoms with E-state index < -0.39 is 0 Å². The maximum absolute atomic E-state index is 11.6. The van der Waals surface area contributed by atoms with Gasteiger partial charge < -0.3 is 10.2 Å². The lowest BCUT2D eigenvalue weighted by Gasteiger charge is -2.30. The molecule has 1 aromatic rings. The van der Waals surface area contributed by atoms with Crippen LogP contribution in [0.4, 0.5) is 4.79 Å². The number of rotatable bonds is 1. The SMILES string of the molecule is CN1C(=O)NC(c2ccc(Cl)nn2)C1(C)C. The van der Waals surface area contributed by atoms with Gasteiger partial charge in [0.05, 0.1) is 17.3 Å². The maximum atomic E-state index is 11.6. The number of carbonyl (C=O) groups is 1. The highest BCUT2D eigenvalue weighted by Gasteiger charge is 2.45. The smallest absolute Gasteiger partial charge is 0.318 e. The zero-order valence-corrected chi connectivity index (χ0v) is 10.1. The number of nitrogens with one attached hydrogen (secondary N) is 1. The molecule has 0 saturated carbocycles. The lowest BCUT2D eigenvalue weighted by molar-refractivity contribution is 0.187. The molecule has 16 heavy (non-hydrogen) atoms. The molecule has 0 radical (unpaired) electrons. The van der Waals surface area contributed by atoms with Crippen LogP contribution in [-0.2, 0) is 0 Å². The molecular weight excluding hydrogens is 228 g/mol. The first kappa shape index (κ1) is 11.1. The average Bonchev–Trinajstić information content (AvgIpc) is 2.44. The van der Waals surface area contributed by atoms with Crippen molar-refractivity contribution in [3.05, 3.63) is 23.0 Å². The molecule has 2 heterocycles. The fourth-order valence-corrected chi connectivity index (χ4v) is 1.87. The number of halogens is 1. The fraction of sp³-hybridized carbons (Fsp3) is 0.500. The summed E-state index contributed by atoms with van der Waals surface area (Å²) in [7, 11) is 1.76. The van der Waals surface area contributed by atoms with Crippen LogP contribution in [-0.4, -0.2) is 33.7 Å². The van der Waals surface area contributed by atoms with Crippen molar-refractivity contribution in [1.82, 2.24) is 20.4 Å². The van der Waals surface area contributed by atoms with E-state index in [4.69, 9.17) is 11.6 Å². The Kier molecular flexibility index (Phi) is 2.50. The molecule has 1 unspecified atom stereocenters. The van der Waals surface area contributed by atoms with Crippen LogP contribution in [0, 0.1) is 0 Å². The monoisotopic (exact) mass is 240 g/mol. The van der Waals surface area contributed by atoms with Crippen LogP contribution in [0.25, 0.3) is 0 Å². The van der Waals surface area contributed by atoms with Gasteiger partial charge in [0.25, 0.3) is 0 Å². The van der Waals surface area contributed by atoms with Crippen LogP contribution in [0.2, 0.25) is 5.15 Å². The van der Waals surface area contributed by atoms with E-state index in [-0.39, 0.29) is 17.6 Å². The van der Waals surface area contributed by atoms with Crippen LogP contribution < -0.4 is 5.32 Å². The lowest BCUT2D eigenvalue weighted by Crippen LogP contribution is -2.40. The van der Waals surface area contributed by atoms with Crippen molar-refractivity contribution in [2.24, 2.45) is 0 Å². The zero-order chi connectivity index (χ0) is 11.9. The van der Waals surface area contributed by atoms with Gasteiger partial charge in [-0.15, -0.1) is 5.10 Å². The molecule has 1 N–H and O–H groups in total. The highest BCUT2D eigenvalue weighted by Crippen LogP contribution is 2.34. The first-order valence-electron chi connectivity index (χ1n) is 4.96. The predicted octanol–water partition coefficient (Wildman–Crippen LogP) is 1.60. The Bertz CT molecular complexity index is 417. The normalized spacial score (nSPS) is 23.4. The molecule has 2 rings (SSSR count). The molecule has 6 heteroatoms. The van der Waals surface area contributed by atoms with E-state index in [2.05, 4.69) is 15.5 Å². The summed E-state index contributed by atoms with van der Waals surface area (Å²) in [4.78, 5) is 13.2. The number of nitrogens with zero attached hydrogens (tertiary/aromatic N) is 3. The molecule has 0 bridgehead atoms. The molecule has 86 valence electrons. The minimum absolute atomic E-state index is 0.105. The van der Waals surface area contributed by atoms with Gasteiger partial charge in [0, 0.05) is 7.05 Å². The van der Waals surface area contributed by atoms with Gasteiger partial charge in [-0.25, -0.2) is 4.79 Å². The van der Waals surface area contributed by atoms with E-state index in [1.807, 2.05) is 13.8 Å². The number of hydrogen-bond acceptors (Lipinski definition) is 3. The summed E-state index contributed by atoms with van der Waals surface area (Å²) in [6, 6.07) is 3.17. The van der Waals surface area contributed by atoms with Crippen molar-refractivity contribution < 1.29 is 4.79 Å². The summed E-state index contributed by atoms with van der Waals surface area (Å²) in [6.45, 7) is 3.96. The summed E-state index contributed by atoms with van der Waals surface area (Å²) in [5, 5.41) is 11.0. The van der Waals surface area contributed by atoms with E-state index in [0.717, 1.165) is 0 Å². The van der Waals surface area contributed by atoms with Gasteiger partial charge >= 0.3 is 6.03 Å². The standard InChI is InChI=1S/C10H13ClN4O/c1-10(2)8(12-9(16)15(10)3)6-4-5-7(11)14-13-6/h4-5,8H,1-3H3,(H,12,16). The third kappa shape index (κ3) is 1.61. The van der Waals surface area contributed by atoms with E-state index in [1.165, 1.54) is 0 Å². The number of amides is 2. The molecule has 0 aromatic carbocycles.